The first-order valence-electron chi connectivity index (χ1n) is 9.94. The van der Waals surface area contributed by atoms with Crippen LogP contribution in [0.4, 0.5) is 0 Å². The number of rotatable bonds is 2. The van der Waals surface area contributed by atoms with Crippen LogP contribution in [-0.4, -0.2) is 30.6 Å². The first kappa shape index (κ1) is 17.8. The van der Waals surface area contributed by atoms with E-state index in [0.717, 1.165) is 36.3 Å². The van der Waals surface area contributed by atoms with Gasteiger partial charge in [0.2, 0.25) is 0 Å². The number of fused-ring (bicyclic) bond motifs is 2. The molecule has 1 amide bonds. The number of nitrogens with zero attached hydrogens (tertiary/aromatic N) is 1. The first-order chi connectivity index (χ1) is 14.2. The Hall–Kier alpha value is -3.28. The van der Waals surface area contributed by atoms with E-state index in [9.17, 15) is 9.59 Å². The zero-order valence-electron chi connectivity index (χ0n) is 15.9. The average molecular weight is 391 g/mol. The molecule has 148 valence electrons. The van der Waals surface area contributed by atoms with Gasteiger partial charge in [0, 0.05) is 19.0 Å². The van der Waals surface area contributed by atoms with Gasteiger partial charge in [-0.15, -0.1) is 0 Å². The minimum atomic E-state index is -0.262. The molecule has 1 fully saturated rings. The van der Waals surface area contributed by atoms with Crippen molar-refractivity contribution < 1.29 is 18.7 Å². The second-order valence-electron chi connectivity index (χ2n) is 7.38. The zero-order valence-corrected chi connectivity index (χ0v) is 15.9. The number of amides is 1. The standard InChI is InChI=1S/C23H21NO5/c25-18-14-22(29-19-7-2-1-5-16(18)19)23(26)24-10-3-6-17(24)15-8-9-20-21(13-15)28-12-4-11-27-20/h1-2,5,7-9,13-14,17H,3-4,6,10-12H2/t17-/m1/s1. The molecule has 5 rings (SSSR count). The average Bonchev–Trinajstić information content (AvgIpc) is 3.11. The molecule has 2 aliphatic rings. The normalized spacial score (nSPS) is 18.6. The van der Waals surface area contributed by atoms with Gasteiger partial charge in [-0.25, -0.2) is 0 Å². The van der Waals surface area contributed by atoms with Gasteiger partial charge >= 0.3 is 0 Å². The number of likely N-dealkylation sites (tertiary alicyclic amines) is 1. The van der Waals surface area contributed by atoms with Crippen molar-refractivity contribution in [2.75, 3.05) is 19.8 Å². The lowest BCUT2D eigenvalue weighted by molar-refractivity contribution is 0.0703. The Bertz CT molecular complexity index is 1140. The quantitative estimate of drug-likeness (QED) is 0.662. The molecular weight excluding hydrogens is 370 g/mol. The molecule has 6 heteroatoms. The van der Waals surface area contributed by atoms with Crippen LogP contribution < -0.4 is 14.9 Å². The molecule has 0 aliphatic carbocycles. The van der Waals surface area contributed by atoms with Crippen LogP contribution in [0, 0.1) is 0 Å². The van der Waals surface area contributed by atoms with Crippen molar-refractivity contribution in [3.05, 3.63) is 70.1 Å². The Morgan fingerprint density at radius 3 is 2.69 bits per heavy atom. The fourth-order valence-electron chi connectivity index (χ4n) is 4.09. The van der Waals surface area contributed by atoms with E-state index < -0.39 is 0 Å². The third-order valence-corrected chi connectivity index (χ3v) is 5.52. The molecule has 2 aliphatic heterocycles. The van der Waals surface area contributed by atoms with Crippen molar-refractivity contribution in [2.45, 2.75) is 25.3 Å². The second-order valence-corrected chi connectivity index (χ2v) is 7.38. The summed E-state index contributed by atoms with van der Waals surface area (Å²) in [4.78, 5) is 27.4. The first-order valence-corrected chi connectivity index (χ1v) is 9.94. The van der Waals surface area contributed by atoms with Crippen LogP contribution in [0.1, 0.15) is 41.4 Å². The molecule has 3 aromatic rings. The van der Waals surface area contributed by atoms with Gasteiger partial charge in [0.05, 0.1) is 24.6 Å². The van der Waals surface area contributed by atoms with Crippen LogP contribution in [-0.2, 0) is 0 Å². The number of carbonyl (C=O) groups excluding carboxylic acids is 1. The molecular formula is C23H21NO5. The van der Waals surface area contributed by atoms with Crippen molar-refractivity contribution in [3.8, 4) is 11.5 Å². The minimum absolute atomic E-state index is 0.0787. The van der Waals surface area contributed by atoms with Crippen LogP contribution in [0.2, 0.25) is 0 Å². The summed E-state index contributed by atoms with van der Waals surface area (Å²) in [7, 11) is 0. The maximum absolute atomic E-state index is 13.2. The predicted molar refractivity (Wildman–Crippen MR) is 108 cm³/mol. The van der Waals surface area contributed by atoms with Gasteiger partial charge in [-0.1, -0.05) is 18.2 Å². The molecule has 2 aromatic carbocycles. The fraction of sp³-hybridized carbons (Fsp3) is 0.304. The monoisotopic (exact) mass is 391 g/mol. The lowest BCUT2D eigenvalue weighted by Gasteiger charge is -2.25. The molecule has 0 saturated carbocycles. The zero-order chi connectivity index (χ0) is 19.8. The highest BCUT2D eigenvalue weighted by Gasteiger charge is 2.32. The summed E-state index contributed by atoms with van der Waals surface area (Å²) < 4.78 is 17.3. The van der Waals surface area contributed by atoms with Gasteiger partial charge < -0.3 is 18.8 Å². The van der Waals surface area contributed by atoms with Gasteiger partial charge in [-0.05, 0) is 42.7 Å². The molecule has 0 bridgehead atoms. The summed E-state index contributed by atoms with van der Waals surface area (Å²) in [5, 5.41) is 0.477. The fourth-order valence-corrected chi connectivity index (χ4v) is 4.09. The minimum Gasteiger partial charge on any atom is -0.490 e. The number of hydrogen-bond acceptors (Lipinski definition) is 5. The van der Waals surface area contributed by atoms with E-state index in [4.69, 9.17) is 13.9 Å². The predicted octanol–water partition coefficient (Wildman–Crippen LogP) is 3.93. The summed E-state index contributed by atoms with van der Waals surface area (Å²) in [5.74, 6) is 1.27. The van der Waals surface area contributed by atoms with E-state index in [1.807, 2.05) is 18.2 Å². The van der Waals surface area contributed by atoms with E-state index in [1.165, 1.54) is 6.07 Å². The summed E-state index contributed by atoms with van der Waals surface area (Å²) >= 11 is 0. The van der Waals surface area contributed by atoms with Crippen molar-refractivity contribution >= 4 is 16.9 Å². The largest absolute Gasteiger partial charge is 0.490 e. The lowest BCUT2D eigenvalue weighted by atomic mass is 10.0. The maximum Gasteiger partial charge on any atom is 0.290 e. The highest BCUT2D eigenvalue weighted by atomic mass is 16.5. The molecule has 1 atom stereocenters. The highest BCUT2D eigenvalue weighted by Crippen LogP contribution is 2.38. The number of ether oxygens (including phenoxy) is 2. The number of para-hydroxylation sites is 1. The van der Waals surface area contributed by atoms with E-state index in [0.29, 0.717) is 30.7 Å². The third kappa shape index (κ3) is 3.24. The molecule has 6 nitrogen and oxygen atoms in total. The Kier molecular flexibility index (Phi) is 4.46. The second kappa shape index (κ2) is 7.28. The summed E-state index contributed by atoms with van der Waals surface area (Å²) in [5.41, 5.74) is 1.22. The van der Waals surface area contributed by atoms with Crippen molar-refractivity contribution in [1.82, 2.24) is 4.90 Å². The van der Waals surface area contributed by atoms with Gasteiger partial charge in [0.1, 0.15) is 5.58 Å². The van der Waals surface area contributed by atoms with Gasteiger partial charge in [0.15, 0.2) is 22.7 Å². The Morgan fingerprint density at radius 2 is 1.79 bits per heavy atom. The molecule has 3 heterocycles. The third-order valence-electron chi connectivity index (χ3n) is 5.52. The molecule has 0 radical (unpaired) electrons. The number of carbonyl (C=O) groups is 1. The van der Waals surface area contributed by atoms with Crippen molar-refractivity contribution in [1.29, 1.82) is 0 Å². The Labute approximate surface area is 167 Å². The molecule has 29 heavy (non-hydrogen) atoms. The van der Waals surface area contributed by atoms with Crippen LogP contribution >= 0.6 is 0 Å². The molecule has 1 saturated heterocycles. The molecule has 1 aromatic heterocycles. The van der Waals surface area contributed by atoms with E-state index in [1.54, 1.807) is 29.2 Å². The van der Waals surface area contributed by atoms with Gasteiger partial charge in [-0.2, -0.15) is 0 Å². The topological polar surface area (TPSA) is 69.0 Å². The summed E-state index contributed by atoms with van der Waals surface area (Å²) in [6.07, 6.45) is 2.59. The van der Waals surface area contributed by atoms with E-state index >= 15 is 0 Å². The Balaban J connectivity index is 1.47. The van der Waals surface area contributed by atoms with Crippen LogP contribution in [0.3, 0.4) is 0 Å². The number of hydrogen-bond donors (Lipinski definition) is 0. The van der Waals surface area contributed by atoms with Crippen molar-refractivity contribution in [3.63, 3.8) is 0 Å². The van der Waals surface area contributed by atoms with Crippen molar-refractivity contribution in [2.24, 2.45) is 0 Å². The number of benzene rings is 2. The smallest absolute Gasteiger partial charge is 0.290 e. The lowest BCUT2D eigenvalue weighted by Crippen LogP contribution is -2.31. The maximum atomic E-state index is 13.2. The van der Waals surface area contributed by atoms with Gasteiger partial charge in [-0.3, -0.25) is 9.59 Å². The molecule has 0 unspecified atom stereocenters. The van der Waals surface area contributed by atoms with Gasteiger partial charge in [0.25, 0.3) is 5.91 Å². The van der Waals surface area contributed by atoms with Crippen LogP contribution in [0.15, 0.2) is 57.7 Å². The Morgan fingerprint density at radius 1 is 0.966 bits per heavy atom. The molecule has 0 spiro atoms. The highest BCUT2D eigenvalue weighted by molar-refractivity contribution is 5.93. The van der Waals surface area contributed by atoms with Crippen LogP contribution in [0.25, 0.3) is 11.0 Å². The van der Waals surface area contributed by atoms with E-state index in [-0.39, 0.29) is 23.1 Å². The summed E-state index contributed by atoms with van der Waals surface area (Å²) in [6.45, 7) is 1.88. The van der Waals surface area contributed by atoms with Crippen LogP contribution in [0.5, 0.6) is 11.5 Å². The summed E-state index contributed by atoms with van der Waals surface area (Å²) in [6, 6.07) is 14.0. The molecule has 0 N–H and O–H groups in total. The SMILES string of the molecule is O=C(c1cc(=O)c2ccccc2o1)N1CCC[C@@H]1c1ccc2c(c1)OCCCO2. The van der Waals surface area contributed by atoms with E-state index in [2.05, 4.69) is 0 Å².